The molecule has 27 heavy (non-hydrogen) atoms. The van der Waals surface area contributed by atoms with Crippen molar-refractivity contribution in [1.82, 2.24) is 9.55 Å². The highest BCUT2D eigenvalue weighted by molar-refractivity contribution is 6.08. The number of nitrogens with zero attached hydrogens (tertiary/aromatic N) is 2. The second-order valence-corrected chi connectivity index (χ2v) is 6.31. The number of nitrogens with one attached hydrogen (secondary N) is 1. The van der Waals surface area contributed by atoms with Crippen LogP contribution in [0, 0.1) is 6.92 Å². The lowest BCUT2D eigenvalue weighted by Gasteiger charge is -2.10. The molecule has 0 radical (unpaired) electrons. The maximum Gasteiger partial charge on any atom is 0.417 e. The third-order valence-corrected chi connectivity index (χ3v) is 4.65. The number of hydrogen-bond acceptors (Lipinski definition) is 2. The molecule has 4 nitrogen and oxygen atoms in total. The number of amides is 1. The summed E-state index contributed by atoms with van der Waals surface area (Å²) in [5.74, 6) is -0.314. The van der Waals surface area contributed by atoms with Gasteiger partial charge in [0.2, 0.25) is 0 Å². The maximum atomic E-state index is 12.8. The zero-order valence-corrected chi connectivity index (χ0v) is 15.3. The molecule has 0 aliphatic heterocycles. The first kappa shape index (κ1) is 18.9. The molecule has 7 heteroatoms. The molecule has 0 aliphatic carbocycles. The molecule has 2 heterocycles. The van der Waals surface area contributed by atoms with E-state index in [1.807, 2.05) is 30.5 Å². The second-order valence-electron chi connectivity index (χ2n) is 6.31. The Morgan fingerprint density at radius 3 is 2.48 bits per heavy atom. The van der Waals surface area contributed by atoms with E-state index >= 15 is 0 Å². The van der Waals surface area contributed by atoms with Crippen LogP contribution >= 0.6 is 0 Å². The van der Waals surface area contributed by atoms with E-state index in [2.05, 4.69) is 23.3 Å². The fourth-order valence-electron chi connectivity index (χ4n) is 3.22. The monoisotopic (exact) mass is 375 g/mol. The Labute approximate surface area is 155 Å². The van der Waals surface area contributed by atoms with Crippen molar-refractivity contribution < 1.29 is 18.0 Å². The molecular formula is C20H20F3N3O. The molecule has 0 aliphatic rings. The summed E-state index contributed by atoms with van der Waals surface area (Å²) < 4.78 is 39.9. The number of aromatic nitrogens is 2. The summed E-state index contributed by atoms with van der Waals surface area (Å²) in [6.45, 7) is 6.49. The van der Waals surface area contributed by atoms with Gasteiger partial charge in [0, 0.05) is 23.6 Å². The largest absolute Gasteiger partial charge is 0.417 e. The first-order chi connectivity index (χ1) is 12.8. The minimum Gasteiger partial charge on any atom is -0.337 e. The van der Waals surface area contributed by atoms with Crippen LogP contribution in [-0.4, -0.2) is 15.5 Å². The van der Waals surface area contributed by atoms with E-state index in [1.54, 1.807) is 0 Å². The third-order valence-electron chi connectivity index (χ3n) is 4.65. The third kappa shape index (κ3) is 3.54. The highest BCUT2D eigenvalue weighted by Gasteiger charge is 2.30. The first-order valence-corrected chi connectivity index (χ1v) is 8.72. The van der Waals surface area contributed by atoms with E-state index in [9.17, 15) is 18.0 Å². The van der Waals surface area contributed by atoms with Crippen LogP contribution in [0.4, 0.5) is 19.0 Å². The maximum absolute atomic E-state index is 12.8. The number of alkyl halides is 3. The van der Waals surface area contributed by atoms with Crippen LogP contribution in [0.25, 0.3) is 10.9 Å². The number of halogens is 3. The molecule has 1 N–H and O–H groups in total. The Bertz CT molecular complexity index is 988. The van der Waals surface area contributed by atoms with Crippen LogP contribution in [0.1, 0.15) is 41.0 Å². The SMILES string of the molecule is CCc1ccc2c(c1)c(C)c(C(=O)Nc1ccc(C(F)(F)F)cn1)n2CC. The number of hydrogen-bond donors (Lipinski definition) is 1. The van der Waals surface area contributed by atoms with Crippen molar-refractivity contribution in [2.75, 3.05) is 5.32 Å². The van der Waals surface area contributed by atoms with Gasteiger partial charge in [0.1, 0.15) is 11.5 Å². The molecule has 0 saturated carbocycles. The van der Waals surface area contributed by atoms with Gasteiger partial charge in [0.15, 0.2) is 0 Å². The molecule has 1 aromatic carbocycles. The summed E-state index contributed by atoms with van der Waals surface area (Å²) >= 11 is 0. The van der Waals surface area contributed by atoms with Gasteiger partial charge in [-0.2, -0.15) is 13.2 Å². The smallest absolute Gasteiger partial charge is 0.337 e. The number of anilines is 1. The summed E-state index contributed by atoms with van der Waals surface area (Å²) in [4.78, 5) is 16.5. The molecule has 1 amide bonds. The molecular weight excluding hydrogens is 355 g/mol. The topological polar surface area (TPSA) is 46.9 Å². The van der Waals surface area contributed by atoms with Gasteiger partial charge in [-0.1, -0.05) is 13.0 Å². The number of fused-ring (bicyclic) bond motifs is 1. The van der Waals surface area contributed by atoms with Gasteiger partial charge in [0.05, 0.1) is 5.56 Å². The predicted molar refractivity (Wildman–Crippen MR) is 98.9 cm³/mol. The van der Waals surface area contributed by atoms with Crippen molar-refractivity contribution in [3.05, 3.63) is 58.9 Å². The molecule has 0 fully saturated rings. The zero-order chi connectivity index (χ0) is 19.8. The van der Waals surface area contributed by atoms with E-state index in [0.29, 0.717) is 18.4 Å². The fraction of sp³-hybridized carbons (Fsp3) is 0.300. The quantitative estimate of drug-likeness (QED) is 0.681. The first-order valence-electron chi connectivity index (χ1n) is 8.72. The molecule has 0 saturated heterocycles. The Kier molecular flexibility index (Phi) is 4.95. The molecule has 0 spiro atoms. The summed E-state index contributed by atoms with van der Waals surface area (Å²) in [6.07, 6.45) is -2.85. The van der Waals surface area contributed by atoms with Crippen LogP contribution in [0.15, 0.2) is 36.5 Å². The number of benzene rings is 1. The molecule has 0 atom stereocenters. The van der Waals surface area contributed by atoms with Crippen molar-refractivity contribution in [3.63, 3.8) is 0 Å². The minimum atomic E-state index is -4.46. The van der Waals surface area contributed by atoms with E-state index in [4.69, 9.17) is 0 Å². The average molecular weight is 375 g/mol. The highest BCUT2D eigenvalue weighted by atomic mass is 19.4. The summed E-state index contributed by atoms with van der Waals surface area (Å²) in [5.41, 5.74) is 2.61. The van der Waals surface area contributed by atoms with Crippen molar-refractivity contribution in [3.8, 4) is 0 Å². The normalized spacial score (nSPS) is 11.8. The van der Waals surface area contributed by atoms with Gasteiger partial charge in [-0.15, -0.1) is 0 Å². The standard InChI is InChI=1S/C20H20F3N3O/c1-4-13-6-8-16-15(10-13)12(3)18(26(16)5-2)19(27)25-17-9-7-14(11-24-17)20(21,22)23/h6-11H,4-5H2,1-3H3,(H,24,25,27). The molecule has 142 valence electrons. The van der Waals surface area contributed by atoms with Gasteiger partial charge in [-0.3, -0.25) is 4.79 Å². The van der Waals surface area contributed by atoms with E-state index in [1.165, 1.54) is 5.56 Å². The van der Waals surface area contributed by atoms with Crippen LogP contribution in [0.3, 0.4) is 0 Å². The Hall–Kier alpha value is -2.83. The van der Waals surface area contributed by atoms with Crippen LogP contribution in [0.5, 0.6) is 0 Å². The van der Waals surface area contributed by atoms with Gasteiger partial charge in [-0.05, 0) is 55.7 Å². The van der Waals surface area contributed by atoms with E-state index < -0.39 is 17.6 Å². The lowest BCUT2D eigenvalue weighted by atomic mass is 10.1. The minimum absolute atomic E-state index is 0.0783. The highest BCUT2D eigenvalue weighted by Crippen LogP contribution is 2.30. The van der Waals surface area contributed by atoms with Gasteiger partial charge in [0.25, 0.3) is 5.91 Å². The number of rotatable bonds is 4. The van der Waals surface area contributed by atoms with Crippen LogP contribution < -0.4 is 5.32 Å². The molecule has 3 aromatic rings. The molecule has 0 bridgehead atoms. The Morgan fingerprint density at radius 1 is 1.19 bits per heavy atom. The van der Waals surface area contributed by atoms with Gasteiger partial charge >= 0.3 is 6.18 Å². The lowest BCUT2D eigenvalue weighted by molar-refractivity contribution is -0.137. The molecule has 2 aromatic heterocycles. The van der Waals surface area contributed by atoms with Crippen LogP contribution in [0.2, 0.25) is 0 Å². The second kappa shape index (κ2) is 7.06. The summed E-state index contributed by atoms with van der Waals surface area (Å²) in [7, 11) is 0. The van der Waals surface area contributed by atoms with Crippen molar-refractivity contribution >= 4 is 22.6 Å². The molecule has 0 unspecified atom stereocenters. The molecule has 3 rings (SSSR count). The fourth-order valence-corrected chi connectivity index (χ4v) is 3.22. The average Bonchev–Trinajstić information content (AvgIpc) is 2.92. The number of pyridine rings is 1. The number of carbonyl (C=O) groups is 1. The van der Waals surface area contributed by atoms with E-state index in [0.717, 1.165) is 35.0 Å². The summed E-state index contributed by atoms with van der Waals surface area (Å²) in [5, 5.41) is 3.61. The number of aryl methyl sites for hydroxylation is 3. The Balaban J connectivity index is 1.97. The zero-order valence-electron chi connectivity index (χ0n) is 15.3. The predicted octanol–water partition coefficient (Wildman–Crippen LogP) is 5.20. The number of carbonyl (C=O) groups excluding carboxylic acids is 1. The van der Waals surface area contributed by atoms with Crippen molar-refractivity contribution in [1.29, 1.82) is 0 Å². The van der Waals surface area contributed by atoms with Crippen molar-refractivity contribution in [2.24, 2.45) is 0 Å². The van der Waals surface area contributed by atoms with Gasteiger partial charge in [-0.25, -0.2) is 4.98 Å². The van der Waals surface area contributed by atoms with Crippen LogP contribution in [-0.2, 0) is 19.1 Å². The van der Waals surface area contributed by atoms with Gasteiger partial charge < -0.3 is 9.88 Å². The Morgan fingerprint density at radius 2 is 1.93 bits per heavy atom. The summed E-state index contributed by atoms with van der Waals surface area (Å²) in [6, 6.07) is 8.16. The van der Waals surface area contributed by atoms with E-state index in [-0.39, 0.29) is 5.82 Å². The lowest BCUT2D eigenvalue weighted by Crippen LogP contribution is -2.18. The van der Waals surface area contributed by atoms with Crippen molar-refractivity contribution in [2.45, 2.75) is 39.9 Å².